The second-order valence-electron chi connectivity index (χ2n) is 8.13. The van der Waals surface area contributed by atoms with E-state index in [9.17, 15) is 4.79 Å². The number of para-hydroxylation sites is 1. The average Bonchev–Trinajstić information content (AvgIpc) is 3.13. The first-order valence-corrected chi connectivity index (χ1v) is 11.3. The third kappa shape index (κ3) is 4.73. The second-order valence-corrected chi connectivity index (χ2v) is 8.13. The van der Waals surface area contributed by atoms with Gasteiger partial charge in [0.05, 0.1) is 0 Å². The van der Waals surface area contributed by atoms with E-state index in [-0.39, 0.29) is 12.5 Å². The zero-order valence-corrected chi connectivity index (χ0v) is 19.0. The van der Waals surface area contributed by atoms with Crippen LogP contribution in [0.1, 0.15) is 21.9 Å². The van der Waals surface area contributed by atoms with Gasteiger partial charge >= 0.3 is 0 Å². The lowest BCUT2D eigenvalue weighted by Gasteiger charge is -2.17. The second kappa shape index (κ2) is 9.70. The highest BCUT2D eigenvalue weighted by Gasteiger charge is 2.28. The van der Waals surface area contributed by atoms with Gasteiger partial charge in [0.1, 0.15) is 29.7 Å². The monoisotopic (exact) mass is 454 g/mol. The van der Waals surface area contributed by atoms with Crippen LogP contribution in [0.15, 0.2) is 84.9 Å². The Bertz CT molecular complexity index is 1250. The van der Waals surface area contributed by atoms with Crippen molar-refractivity contribution in [1.82, 2.24) is 14.5 Å². The van der Waals surface area contributed by atoms with E-state index in [1.165, 1.54) is 0 Å². The number of hydrogen-bond acceptors (Lipinski definition) is 5. The molecule has 1 aromatic heterocycles. The predicted molar refractivity (Wildman–Crippen MR) is 131 cm³/mol. The number of carbonyl (C=O) groups excluding carboxylic acids is 1. The van der Waals surface area contributed by atoms with Gasteiger partial charge in [-0.25, -0.2) is 4.98 Å². The van der Waals surface area contributed by atoms with Gasteiger partial charge in [-0.15, -0.1) is 0 Å². The van der Waals surface area contributed by atoms with Crippen LogP contribution in [0.4, 0.5) is 5.82 Å². The Morgan fingerprint density at radius 1 is 0.882 bits per heavy atom. The third-order valence-electron chi connectivity index (χ3n) is 5.69. The number of anilines is 1. The van der Waals surface area contributed by atoms with Crippen LogP contribution in [-0.2, 0) is 13.2 Å². The summed E-state index contributed by atoms with van der Waals surface area (Å²) in [6.45, 7) is 2.05. The molecule has 172 valence electrons. The maximum Gasteiger partial charge on any atom is 0.274 e. The fraction of sp³-hybridized carbons (Fsp3) is 0.185. The van der Waals surface area contributed by atoms with Crippen LogP contribution >= 0.6 is 0 Å². The van der Waals surface area contributed by atoms with Gasteiger partial charge in [-0.3, -0.25) is 4.79 Å². The molecule has 7 nitrogen and oxygen atoms in total. The summed E-state index contributed by atoms with van der Waals surface area (Å²) in [6, 6.07) is 27.2. The molecule has 2 heterocycles. The van der Waals surface area contributed by atoms with Crippen molar-refractivity contribution in [2.24, 2.45) is 0 Å². The van der Waals surface area contributed by atoms with E-state index in [4.69, 9.17) is 14.5 Å². The molecule has 4 aromatic rings. The predicted octanol–water partition coefficient (Wildman–Crippen LogP) is 4.80. The summed E-state index contributed by atoms with van der Waals surface area (Å²) >= 11 is 0. The first-order valence-electron chi connectivity index (χ1n) is 11.3. The molecule has 0 atom stereocenters. The third-order valence-corrected chi connectivity index (χ3v) is 5.69. The Labute approximate surface area is 198 Å². The van der Waals surface area contributed by atoms with Crippen molar-refractivity contribution >= 4 is 11.7 Å². The number of nitrogens with one attached hydrogen (secondary N) is 1. The fourth-order valence-corrected chi connectivity index (χ4v) is 3.89. The molecule has 3 aromatic carbocycles. The molecule has 7 heteroatoms. The standard InChI is InChI=1S/C27H26N4O3/c1-30-17-16-28-26-25(27(30)32)31(18-20-8-4-2-5-9-20)24(29-26)19-33-21-12-14-23(15-13-21)34-22-10-6-3-7-11-22/h2-15,28H,16-19H2,1H3. The van der Waals surface area contributed by atoms with Crippen molar-refractivity contribution in [3.05, 3.63) is 102 Å². The van der Waals surface area contributed by atoms with Crippen molar-refractivity contribution in [2.45, 2.75) is 13.2 Å². The molecule has 5 rings (SSSR count). The Morgan fingerprint density at radius 3 is 2.26 bits per heavy atom. The van der Waals surface area contributed by atoms with Gasteiger partial charge in [-0.2, -0.15) is 0 Å². The first-order chi connectivity index (χ1) is 16.7. The first kappa shape index (κ1) is 21.6. The molecular formula is C27H26N4O3. The van der Waals surface area contributed by atoms with E-state index in [0.717, 1.165) is 17.1 Å². The van der Waals surface area contributed by atoms with E-state index in [1.54, 1.807) is 4.90 Å². The molecule has 1 aliphatic rings. The molecule has 0 aliphatic carbocycles. The van der Waals surface area contributed by atoms with Crippen LogP contribution in [0.2, 0.25) is 0 Å². The smallest absolute Gasteiger partial charge is 0.274 e. The van der Waals surface area contributed by atoms with Crippen molar-refractivity contribution in [3.8, 4) is 17.2 Å². The SMILES string of the molecule is CN1CCNc2nc(COc3ccc(Oc4ccccc4)cc3)n(Cc3ccccc3)c2C1=O. The Morgan fingerprint density at radius 2 is 1.53 bits per heavy atom. The van der Waals surface area contributed by atoms with Crippen molar-refractivity contribution < 1.29 is 14.3 Å². The lowest BCUT2D eigenvalue weighted by molar-refractivity contribution is 0.0794. The highest BCUT2D eigenvalue weighted by Crippen LogP contribution is 2.26. The molecule has 0 unspecified atom stereocenters. The molecule has 34 heavy (non-hydrogen) atoms. The number of nitrogens with zero attached hydrogens (tertiary/aromatic N) is 3. The average molecular weight is 455 g/mol. The largest absolute Gasteiger partial charge is 0.486 e. The Hall–Kier alpha value is -4.26. The molecular weight excluding hydrogens is 428 g/mol. The summed E-state index contributed by atoms with van der Waals surface area (Å²) in [5, 5.41) is 3.29. The lowest BCUT2D eigenvalue weighted by atomic mass is 10.2. The maximum absolute atomic E-state index is 13.1. The fourth-order valence-electron chi connectivity index (χ4n) is 3.89. The van der Waals surface area contributed by atoms with E-state index < -0.39 is 0 Å². The molecule has 0 radical (unpaired) electrons. The molecule has 1 aliphatic heterocycles. The van der Waals surface area contributed by atoms with Crippen molar-refractivity contribution in [3.63, 3.8) is 0 Å². The van der Waals surface area contributed by atoms with Gasteiger partial charge in [0.15, 0.2) is 11.5 Å². The Kier molecular flexibility index (Phi) is 6.16. The number of aromatic nitrogens is 2. The Balaban J connectivity index is 1.36. The minimum Gasteiger partial charge on any atom is -0.486 e. The number of rotatable bonds is 7. The van der Waals surface area contributed by atoms with Crippen LogP contribution in [0.5, 0.6) is 17.2 Å². The quantitative estimate of drug-likeness (QED) is 0.434. The normalized spacial score (nSPS) is 13.1. The van der Waals surface area contributed by atoms with E-state index >= 15 is 0 Å². The summed E-state index contributed by atoms with van der Waals surface area (Å²) in [4.78, 5) is 19.5. The minimum absolute atomic E-state index is 0.0444. The molecule has 0 fully saturated rings. The summed E-state index contributed by atoms with van der Waals surface area (Å²) in [7, 11) is 1.81. The maximum atomic E-state index is 13.1. The number of fused-ring (bicyclic) bond motifs is 1. The summed E-state index contributed by atoms with van der Waals surface area (Å²) in [5.74, 6) is 3.46. The van der Waals surface area contributed by atoms with Gasteiger partial charge in [0.2, 0.25) is 0 Å². The van der Waals surface area contributed by atoms with Crippen molar-refractivity contribution in [2.75, 3.05) is 25.5 Å². The molecule has 0 saturated heterocycles. The van der Waals surface area contributed by atoms with Crippen LogP contribution in [-0.4, -0.2) is 40.5 Å². The van der Waals surface area contributed by atoms with Crippen LogP contribution in [0.25, 0.3) is 0 Å². The molecule has 1 amide bonds. The van der Waals surface area contributed by atoms with E-state index in [2.05, 4.69) is 5.32 Å². The number of ether oxygens (including phenoxy) is 2. The zero-order chi connectivity index (χ0) is 23.3. The summed E-state index contributed by atoms with van der Waals surface area (Å²) in [6.07, 6.45) is 0. The van der Waals surface area contributed by atoms with Gasteiger partial charge in [-0.05, 0) is 42.0 Å². The minimum atomic E-state index is -0.0444. The van der Waals surface area contributed by atoms with Crippen molar-refractivity contribution in [1.29, 1.82) is 0 Å². The molecule has 1 N–H and O–H groups in total. The molecule has 0 spiro atoms. The molecule has 0 bridgehead atoms. The topological polar surface area (TPSA) is 68.6 Å². The number of imidazole rings is 1. The van der Waals surface area contributed by atoms with Crippen LogP contribution < -0.4 is 14.8 Å². The number of benzene rings is 3. The van der Waals surface area contributed by atoms with Gasteiger partial charge in [0, 0.05) is 26.7 Å². The number of hydrogen-bond donors (Lipinski definition) is 1. The van der Waals surface area contributed by atoms with E-state index in [0.29, 0.717) is 42.7 Å². The van der Waals surface area contributed by atoms with Gasteiger partial charge < -0.3 is 24.3 Å². The highest BCUT2D eigenvalue weighted by atomic mass is 16.5. The highest BCUT2D eigenvalue weighted by molar-refractivity contribution is 5.98. The number of carbonyl (C=O) groups is 1. The van der Waals surface area contributed by atoms with Gasteiger partial charge in [-0.1, -0.05) is 48.5 Å². The number of amides is 1. The lowest BCUT2D eigenvalue weighted by Crippen LogP contribution is -2.30. The molecule has 0 saturated carbocycles. The van der Waals surface area contributed by atoms with Crippen LogP contribution in [0.3, 0.4) is 0 Å². The summed E-state index contributed by atoms with van der Waals surface area (Å²) < 4.78 is 13.9. The van der Waals surface area contributed by atoms with Gasteiger partial charge in [0.25, 0.3) is 5.91 Å². The number of likely N-dealkylation sites (N-methyl/N-ethyl adjacent to an activating group) is 1. The zero-order valence-electron chi connectivity index (χ0n) is 19.0. The summed E-state index contributed by atoms with van der Waals surface area (Å²) in [5.41, 5.74) is 1.65. The van der Waals surface area contributed by atoms with Crippen LogP contribution in [0, 0.1) is 0 Å². The van der Waals surface area contributed by atoms with E-state index in [1.807, 2.05) is 96.5 Å².